The molecule has 0 amide bonds. The highest BCUT2D eigenvalue weighted by molar-refractivity contribution is 4.46. The number of nitrogens with one attached hydrogen (secondary N) is 2. The second-order valence-corrected chi connectivity index (χ2v) is 3.62. The average molecular weight is 186 g/mol. The van der Waals surface area contributed by atoms with Gasteiger partial charge in [-0.1, -0.05) is 46.0 Å². The minimum Gasteiger partial charge on any atom is -0.258 e. The van der Waals surface area contributed by atoms with E-state index in [9.17, 15) is 0 Å². The van der Waals surface area contributed by atoms with Gasteiger partial charge in [-0.2, -0.15) is 0 Å². The first-order chi connectivity index (χ1) is 6.41. The topological polar surface area (TPSA) is 24.1 Å². The third kappa shape index (κ3) is 11.9. The summed E-state index contributed by atoms with van der Waals surface area (Å²) in [5.74, 6) is 0. The van der Waals surface area contributed by atoms with Crippen molar-refractivity contribution in [1.82, 2.24) is 10.9 Å². The van der Waals surface area contributed by atoms with Gasteiger partial charge in [0.05, 0.1) is 0 Å². The van der Waals surface area contributed by atoms with Crippen LogP contribution < -0.4 is 10.9 Å². The van der Waals surface area contributed by atoms with Crippen molar-refractivity contribution in [2.24, 2.45) is 0 Å². The van der Waals surface area contributed by atoms with Crippen molar-refractivity contribution in [2.75, 3.05) is 13.1 Å². The predicted molar refractivity (Wildman–Crippen MR) is 59.7 cm³/mol. The molecule has 0 aliphatic rings. The Kier molecular flexibility index (Phi) is 11.8. The molecule has 0 atom stereocenters. The zero-order chi connectivity index (χ0) is 9.78. The Balaban J connectivity index is 2.76. The van der Waals surface area contributed by atoms with E-state index in [1.54, 1.807) is 0 Å². The van der Waals surface area contributed by atoms with Gasteiger partial charge < -0.3 is 0 Å². The molecular formula is C11H26N2. The van der Waals surface area contributed by atoms with Gasteiger partial charge in [-0.15, -0.1) is 0 Å². The summed E-state index contributed by atoms with van der Waals surface area (Å²) in [5, 5.41) is 0. The molecule has 0 bridgehead atoms. The molecule has 0 aliphatic carbocycles. The molecule has 2 N–H and O–H groups in total. The van der Waals surface area contributed by atoms with E-state index in [-0.39, 0.29) is 0 Å². The Bertz CT molecular complexity index is 74.2. The molecule has 13 heavy (non-hydrogen) atoms. The van der Waals surface area contributed by atoms with E-state index in [1.165, 1.54) is 44.9 Å². The van der Waals surface area contributed by atoms with Gasteiger partial charge in [-0.05, 0) is 12.8 Å². The summed E-state index contributed by atoms with van der Waals surface area (Å²) in [6.07, 6.45) is 9.29. The zero-order valence-electron chi connectivity index (χ0n) is 9.36. The van der Waals surface area contributed by atoms with Crippen LogP contribution in [0.5, 0.6) is 0 Å². The lowest BCUT2D eigenvalue weighted by Crippen LogP contribution is -2.33. The van der Waals surface area contributed by atoms with E-state index < -0.39 is 0 Å². The number of rotatable bonds is 10. The Morgan fingerprint density at radius 2 is 1.08 bits per heavy atom. The van der Waals surface area contributed by atoms with Crippen molar-refractivity contribution in [1.29, 1.82) is 0 Å². The van der Waals surface area contributed by atoms with Crippen LogP contribution in [0.4, 0.5) is 0 Å². The van der Waals surface area contributed by atoms with Crippen LogP contribution in [0.25, 0.3) is 0 Å². The third-order valence-corrected chi connectivity index (χ3v) is 2.19. The number of unbranched alkanes of at least 4 members (excludes halogenated alkanes) is 5. The van der Waals surface area contributed by atoms with Gasteiger partial charge in [0.1, 0.15) is 0 Å². The molecule has 0 aromatic heterocycles. The molecule has 0 spiro atoms. The molecule has 0 radical (unpaired) electrons. The predicted octanol–water partition coefficient (Wildman–Crippen LogP) is 2.85. The molecule has 0 unspecified atom stereocenters. The van der Waals surface area contributed by atoms with Crippen molar-refractivity contribution in [3.63, 3.8) is 0 Å². The second-order valence-electron chi connectivity index (χ2n) is 3.62. The Morgan fingerprint density at radius 1 is 0.615 bits per heavy atom. The fourth-order valence-electron chi connectivity index (χ4n) is 1.28. The maximum Gasteiger partial charge on any atom is 0.00997 e. The monoisotopic (exact) mass is 186 g/mol. The standard InChI is InChI=1S/C11H26N2/c1-3-5-7-9-11-13-12-10-8-6-4-2/h12-13H,3-11H2,1-2H3. The van der Waals surface area contributed by atoms with E-state index in [0.29, 0.717) is 0 Å². The summed E-state index contributed by atoms with van der Waals surface area (Å²) < 4.78 is 0. The first-order valence-corrected chi connectivity index (χ1v) is 5.87. The van der Waals surface area contributed by atoms with Gasteiger partial charge in [0.2, 0.25) is 0 Å². The number of hydrazine groups is 1. The number of hydrogen-bond acceptors (Lipinski definition) is 2. The van der Waals surface area contributed by atoms with Gasteiger partial charge in [0.25, 0.3) is 0 Å². The SMILES string of the molecule is CCCCCCNNCCCCC. The highest BCUT2D eigenvalue weighted by Crippen LogP contribution is 1.96. The first kappa shape index (κ1) is 12.9. The Morgan fingerprint density at radius 3 is 1.62 bits per heavy atom. The summed E-state index contributed by atoms with van der Waals surface area (Å²) >= 11 is 0. The molecule has 0 aromatic carbocycles. The van der Waals surface area contributed by atoms with E-state index >= 15 is 0 Å². The van der Waals surface area contributed by atoms with Crippen LogP contribution >= 0.6 is 0 Å². The van der Waals surface area contributed by atoms with Crippen LogP contribution in [0.1, 0.15) is 58.8 Å². The quantitative estimate of drug-likeness (QED) is 0.405. The van der Waals surface area contributed by atoms with Crippen LogP contribution in [0.2, 0.25) is 0 Å². The Hall–Kier alpha value is -0.0800. The Labute approximate surface area is 83.5 Å². The van der Waals surface area contributed by atoms with E-state index in [1.807, 2.05) is 0 Å². The molecule has 0 rings (SSSR count). The molecule has 2 heteroatoms. The molecular weight excluding hydrogens is 160 g/mol. The van der Waals surface area contributed by atoms with Crippen LogP contribution in [0.3, 0.4) is 0 Å². The van der Waals surface area contributed by atoms with Crippen molar-refractivity contribution in [3.05, 3.63) is 0 Å². The summed E-state index contributed by atoms with van der Waals surface area (Å²) in [7, 11) is 0. The molecule has 0 heterocycles. The van der Waals surface area contributed by atoms with Gasteiger partial charge >= 0.3 is 0 Å². The largest absolute Gasteiger partial charge is 0.258 e. The molecule has 0 aliphatic heterocycles. The van der Waals surface area contributed by atoms with Gasteiger partial charge in [-0.3, -0.25) is 10.9 Å². The van der Waals surface area contributed by atoms with Gasteiger partial charge in [0.15, 0.2) is 0 Å². The highest BCUT2D eigenvalue weighted by Gasteiger charge is 1.88. The second kappa shape index (κ2) is 11.9. The van der Waals surface area contributed by atoms with E-state index in [0.717, 1.165) is 13.1 Å². The van der Waals surface area contributed by atoms with Crippen LogP contribution in [-0.2, 0) is 0 Å². The zero-order valence-corrected chi connectivity index (χ0v) is 9.36. The first-order valence-electron chi connectivity index (χ1n) is 5.87. The summed E-state index contributed by atoms with van der Waals surface area (Å²) in [6.45, 7) is 6.71. The summed E-state index contributed by atoms with van der Waals surface area (Å²) in [5.41, 5.74) is 6.50. The third-order valence-electron chi connectivity index (χ3n) is 2.19. The van der Waals surface area contributed by atoms with Crippen LogP contribution in [-0.4, -0.2) is 13.1 Å². The average Bonchev–Trinajstić information content (AvgIpc) is 2.16. The maximum atomic E-state index is 3.25. The minimum absolute atomic E-state index is 1.11. The van der Waals surface area contributed by atoms with Crippen molar-refractivity contribution in [3.8, 4) is 0 Å². The molecule has 0 saturated carbocycles. The van der Waals surface area contributed by atoms with Crippen molar-refractivity contribution < 1.29 is 0 Å². The van der Waals surface area contributed by atoms with Crippen molar-refractivity contribution in [2.45, 2.75) is 58.8 Å². The fourth-order valence-corrected chi connectivity index (χ4v) is 1.28. The maximum absolute atomic E-state index is 3.25. The molecule has 0 fully saturated rings. The lowest BCUT2D eigenvalue weighted by Gasteiger charge is -2.05. The normalized spacial score (nSPS) is 10.6. The van der Waals surface area contributed by atoms with Crippen LogP contribution in [0.15, 0.2) is 0 Å². The van der Waals surface area contributed by atoms with Crippen molar-refractivity contribution >= 4 is 0 Å². The summed E-state index contributed by atoms with van der Waals surface area (Å²) in [6, 6.07) is 0. The van der Waals surface area contributed by atoms with E-state index in [2.05, 4.69) is 24.7 Å². The van der Waals surface area contributed by atoms with Gasteiger partial charge in [-0.25, -0.2) is 0 Å². The van der Waals surface area contributed by atoms with Crippen LogP contribution in [0, 0.1) is 0 Å². The lowest BCUT2D eigenvalue weighted by atomic mass is 10.2. The molecule has 0 aromatic rings. The summed E-state index contributed by atoms with van der Waals surface area (Å²) in [4.78, 5) is 0. The lowest BCUT2D eigenvalue weighted by molar-refractivity contribution is 0.491. The highest BCUT2D eigenvalue weighted by atomic mass is 15.3. The van der Waals surface area contributed by atoms with Gasteiger partial charge in [0, 0.05) is 13.1 Å². The fraction of sp³-hybridized carbons (Fsp3) is 1.00. The molecule has 0 saturated heterocycles. The van der Waals surface area contributed by atoms with E-state index in [4.69, 9.17) is 0 Å². The number of hydrogen-bond donors (Lipinski definition) is 2. The smallest absolute Gasteiger partial charge is 0.00997 e. The molecule has 2 nitrogen and oxygen atoms in total. The molecule has 80 valence electrons. The minimum atomic E-state index is 1.11.